The maximum atomic E-state index is 9.11. The van der Waals surface area contributed by atoms with E-state index in [-0.39, 0.29) is 18.5 Å². The van der Waals surface area contributed by atoms with Crippen LogP contribution in [-0.2, 0) is 13.2 Å². The van der Waals surface area contributed by atoms with E-state index < -0.39 is 0 Å². The highest BCUT2D eigenvalue weighted by Crippen LogP contribution is 2.25. The maximum absolute atomic E-state index is 9.11. The molecule has 2 N–H and O–H groups in total. The smallest absolute Gasteiger partial charge is 0.223 e. The molecule has 0 aliphatic rings. The molecule has 0 fully saturated rings. The third kappa shape index (κ3) is 3.56. The third-order valence-corrected chi connectivity index (χ3v) is 3.73. The van der Waals surface area contributed by atoms with Crippen LogP contribution in [0.2, 0.25) is 5.28 Å². The summed E-state index contributed by atoms with van der Waals surface area (Å²) in [6, 6.07) is 16.8. The zero-order valence-corrected chi connectivity index (χ0v) is 13.0. The molecule has 0 radical (unpaired) electrons. The van der Waals surface area contributed by atoms with Crippen molar-refractivity contribution in [3.8, 4) is 22.5 Å². The minimum atomic E-state index is 0.00721. The molecular formula is C18H15ClN2O2. The molecular weight excluding hydrogens is 312 g/mol. The molecule has 5 heteroatoms. The van der Waals surface area contributed by atoms with E-state index in [4.69, 9.17) is 21.8 Å². The van der Waals surface area contributed by atoms with Gasteiger partial charge < -0.3 is 10.2 Å². The van der Waals surface area contributed by atoms with Crippen LogP contribution >= 0.6 is 11.6 Å². The van der Waals surface area contributed by atoms with Crippen molar-refractivity contribution in [2.24, 2.45) is 0 Å². The molecule has 0 amide bonds. The summed E-state index contributed by atoms with van der Waals surface area (Å²) >= 11 is 6.06. The molecule has 1 heterocycles. The van der Waals surface area contributed by atoms with Crippen LogP contribution in [0.15, 0.2) is 54.6 Å². The Morgan fingerprint density at radius 1 is 0.696 bits per heavy atom. The normalized spacial score (nSPS) is 10.7. The van der Waals surface area contributed by atoms with Crippen LogP contribution in [0.3, 0.4) is 0 Å². The number of nitrogens with zero attached hydrogens (tertiary/aromatic N) is 2. The molecule has 3 aromatic rings. The number of aliphatic hydroxyl groups is 2. The van der Waals surface area contributed by atoms with Crippen LogP contribution in [0.25, 0.3) is 22.5 Å². The van der Waals surface area contributed by atoms with Gasteiger partial charge in [0, 0.05) is 11.1 Å². The predicted octanol–water partition coefficient (Wildman–Crippen LogP) is 3.45. The van der Waals surface area contributed by atoms with E-state index in [0.29, 0.717) is 0 Å². The van der Waals surface area contributed by atoms with E-state index in [1.54, 1.807) is 0 Å². The third-order valence-electron chi connectivity index (χ3n) is 3.56. The molecule has 0 saturated heterocycles. The van der Waals surface area contributed by atoms with Gasteiger partial charge in [0.2, 0.25) is 5.28 Å². The summed E-state index contributed by atoms with van der Waals surface area (Å²) in [6.45, 7) is 0.0144. The van der Waals surface area contributed by atoms with Crippen molar-refractivity contribution >= 4 is 11.6 Å². The zero-order chi connectivity index (χ0) is 16.2. The monoisotopic (exact) mass is 326 g/mol. The Bertz CT molecular complexity index is 737. The van der Waals surface area contributed by atoms with Crippen LogP contribution in [0.1, 0.15) is 11.1 Å². The van der Waals surface area contributed by atoms with Crippen LogP contribution in [-0.4, -0.2) is 20.2 Å². The fourth-order valence-corrected chi connectivity index (χ4v) is 2.46. The van der Waals surface area contributed by atoms with Crippen molar-refractivity contribution in [1.29, 1.82) is 0 Å². The van der Waals surface area contributed by atoms with Gasteiger partial charge >= 0.3 is 0 Å². The van der Waals surface area contributed by atoms with Crippen LogP contribution < -0.4 is 0 Å². The minimum absolute atomic E-state index is 0.00721. The maximum Gasteiger partial charge on any atom is 0.223 e. The number of aliphatic hydroxyl groups excluding tert-OH is 2. The number of hydrogen-bond donors (Lipinski definition) is 2. The molecule has 0 saturated carbocycles. The lowest BCUT2D eigenvalue weighted by molar-refractivity contribution is 0.281. The van der Waals surface area contributed by atoms with Crippen molar-refractivity contribution < 1.29 is 10.2 Å². The van der Waals surface area contributed by atoms with Crippen molar-refractivity contribution in [3.63, 3.8) is 0 Å². The first-order valence-electron chi connectivity index (χ1n) is 7.14. The molecule has 116 valence electrons. The van der Waals surface area contributed by atoms with Crippen molar-refractivity contribution in [1.82, 2.24) is 9.97 Å². The van der Waals surface area contributed by atoms with Gasteiger partial charge in [0.25, 0.3) is 0 Å². The second-order valence-corrected chi connectivity index (χ2v) is 5.46. The van der Waals surface area contributed by atoms with Gasteiger partial charge in [0.1, 0.15) is 0 Å². The lowest BCUT2D eigenvalue weighted by Gasteiger charge is -2.07. The highest BCUT2D eigenvalue weighted by atomic mass is 35.5. The molecule has 4 nitrogen and oxygen atoms in total. The Balaban J connectivity index is 2.00. The van der Waals surface area contributed by atoms with Gasteiger partial charge in [-0.1, -0.05) is 48.5 Å². The standard InChI is InChI=1S/C18H15ClN2O2/c19-18-20-16(14-5-1-12(10-22)2-6-14)9-17(21-18)15-7-3-13(11-23)4-8-15/h1-9,22-23H,10-11H2. The Morgan fingerprint density at radius 3 is 1.43 bits per heavy atom. The largest absolute Gasteiger partial charge is 0.392 e. The average molecular weight is 327 g/mol. The van der Waals surface area contributed by atoms with Gasteiger partial charge in [-0.15, -0.1) is 0 Å². The van der Waals surface area contributed by atoms with E-state index in [1.807, 2.05) is 54.6 Å². The highest BCUT2D eigenvalue weighted by Gasteiger charge is 2.08. The summed E-state index contributed by atoms with van der Waals surface area (Å²) in [4.78, 5) is 8.54. The summed E-state index contributed by atoms with van der Waals surface area (Å²) in [7, 11) is 0. The molecule has 0 unspecified atom stereocenters. The molecule has 0 bridgehead atoms. The van der Waals surface area contributed by atoms with Crippen molar-refractivity contribution in [3.05, 3.63) is 71.0 Å². The average Bonchev–Trinajstić information content (AvgIpc) is 2.61. The van der Waals surface area contributed by atoms with E-state index in [1.165, 1.54) is 0 Å². The minimum Gasteiger partial charge on any atom is -0.392 e. The van der Waals surface area contributed by atoms with Gasteiger partial charge in [-0.25, -0.2) is 9.97 Å². The summed E-state index contributed by atoms with van der Waals surface area (Å²) in [6.07, 6.45) is 0. The number of hydrogen-bond acceptors (Lipinski definition) is 4. The van der Waals surface area contributed by atoms with Gasteiger partial charge in [0.05, 0.1) is 24.6 Å². The Kier molecular flexibility index (Phi) is 4.67. The quantitative estimate of drug-likeness (QED) is 0.721. The van der Waals surface area contributed by atoms with Crippen LogP contribution in [0.4, 0.5) is 0 Å². The Morgan fingerprint density at radius 2 is 1.09 bits per heavy atom. The molecule has 2 aromatic carbocycles. The summed E-state index contributed by atoms with van der Waals surface area (Å²) < 4.78 is 0. The van der Waals surface area contributed by atoms with Gasteiger partial charge in [-0.3, -0.25) is 0 Å². The lowest BCUT2D eigenvalue weighted by atomic mass is 10.1. The lowest BCUT2D eigenvalue weighted by Crippen LogP contribution is -1.93. The zero-order valence-electron chi connectivity index (χ0n) is 12.3. The molecule has 0 aliphatic carbocycles. The van der Waals surface area contributed by atoms with E-state index in [9.17, 15) is 0 Å². The fourth-order valence-electron chi connectivity index (χ4n) is 2.28. The summed E-state index contributed by atoms with van der Waals surface area (Å²) in [5.74, 6) is 0. The highest BCUT2D eigenvalue weighted by molar-refractivity contribution is 6.28. The Labute approximate surface area is 139 Å². The Hall–Kier alpha value is -2.27. The predicted molar refractivity (Wildman–Crippen MR) is 89.8 cm³/mol. The number of rotatable bonds is 4. The first-order chi connectivity index (χ1) is 11.2. The van der Waals surface area contributed by atoms with Crippen molar-refractivity contribution in [2.75, 3.05) is 0 Å². The summed E-state index contributed by atoms with van der Waals surface area (Å²) in [5, 5.41) is 18.4. The molecule has 0 spiro atoms. The van der Waals surface area contributed by atoms with Gasteiger partial charge in [0.15, 0.2) is 0 Å². The molecule has 1 aromatic heterocycles. The van der Waals surface area contributed by atoms with E-state index in [2.05, 4.69) is 9.97 Å². The number of halogens is 1. The molecule has 0 aliphatic heterocycles. The van der Waals surface area contributed by atoms with E-state index >= 15 is 0 Å². The summed E-state index contributed by atoms with van der Waals surface area (Å²) in [5.41, 5.74) is 4.92. The topological polar surface area (TPSA) is 66.2 Å². The molecule has 3 rings (SSSR count). The number of aromatic nitrogens is 2. The first-order valence-corrected chi connectivity index (χ1v) is 7.52. The van der Waals surface area contributed by atoms with Crippen LogP contribution in [0, 0.1) is 0 Å². The SMILES string of the molecule is OCc1ccc(-c2cc(-c3ccc(CO)cc3)nc(Cl)n2)cc1. The number of benzene rings is 2. The van der Waals surface area contributed by atoms with Gasteiger partial charge in [-0.05, 0) is 28.8 Å². The molecule has 0 atom stereocenters. The fraction of sp³-hybridized carbons (Fsp3) is 0.111. The van der Waals surface area contributed by atoms with Crippen molar-refractivity contribution in [2.45, 2.75) is 13.2 Å². The molecule has 23 heavy (non-hydrogen) atoms. The van der Waals surface area contributed by atoms with Crippen LogP contribution in [0.5, 0.6) is 0 Å². The second kappa shape index (κ2) is 6.87. The second-order valence-electron chi connectivity index (χ2n) is 5.12. The first kappa shape index (κ1) is 15.6. The van der Waals surface area contributed by atoms with E-state index in [0.717, 1.165) is 33.6 Å². The van der Waals surface area contributed by atoms with Gasteiger partial charge in [-0.2, -0.15) is 0 Å².